The molecule has 0 unspecified atom stereocenters. The molecule has 1 aromatic rings. The number of amides is 2. The van der Waals surface area contributed by atoms with Crippen LogP contribution in [0.25, 0.3) is 0 Å². The van der Waals surface area contributed by atoms with Gasteiger partial charge < -0.3 is 10.6 Å². The van der Waals surface area contributed by atoms with Crippen molar-refractivity contribution in [1.29, 1.82) is 0 Å². The number of carbonyl (C=O) groups is 1. The monoisotopic (exact) mass is 351 g/mol. The lowest BCUT2D eigenvalue weighted by atomic mass is 10.1. The van der Waals surface area contributed by atoms with Gasteiger partial charge >= 0.3 is 6.03 Å². The summed E-state index contributed by atoms with van der Waals surface area (Å²) in [6, 6.07) is 5.54. The van der Waals surface area contributed by atoms with E-state index in [9.17, 15) is 13.2 Å². The van der Waals surface area contributed by atoms with E-state index in [2.05, 4.69) is 10.6 Å². The molecule has 1 aliphatic carbocycles. The molecule has 24 heavy (non-hydrogen) atoms. The minimum atomic E-state index is -3.28. The molecule has 2 amide bonds. The van der Waals surface area contributed by atoms with Crippen molar-refractivity contribution >= 4 is 27.4 Å². The molecule has 1 fully saturated rings. The number of hydrogen-bond acceptors (Lipinski definition) is 3. The summed E-state index contributed by atoms with van der Waals surface area (Å²) in [7, 11) is -3.28. The standard InChI is InChI=1S/C17H25N3O3S/c1-2-11-24(22,23)20-10-9-13-7-8-15(12-16(13)20)19-17(21)18-14-5-3-4-6-14/h7-8,12,14H,2-6,9-11H2,1H3,(H2,18,19,21). The van der Waals surface area contributed by atoms with Crippen LogP contribution in [0.2, 0.25) is 0 Å². The highest BCUT2D eigenvalue weighted by Crippen LogP contribution is 2.33. The van der Waals surface area contributed by atoms with E-state index in [1.165, 1.54) is 4.31 Å². The summed E-state index contributed by atoms with van der Waals surface area (Å²) in [5.74, 6) is 0.145. The minimum absolute atomic E-state index is 0.145. The molecule has 2 N–H and O–H groups in total. The first-order valence-corrected chi connectivity index (χ1v) is 10.3. The van der Waals surface area contributed by atoms with Crippen molar-refractivity contribution in [3.05, 3.63) is 23.8 Å². The van der Waals surface area contributed by atoms with Gasteiger partial charge in [0.15, 0.2) is 0 Å². The minimum Gasteiger partial charge on any atom is -0.335 e. The second kappa shape index (κ2) is 7.01. The van der Waals surface area contributed by atoms with Crippen LogP contribution in [0.15, 0.2) is 18.2 Å². The van der Waals surface area contributed by atoms with Gasteiger partial charge in [0.1, 0.15) is 0 Å². The Morgan fingerprint density at radius 3 is 2.75 bits per heavy atom. The first-order chi connectivity index (χ1) is 11.5. The lowest BCUT2D eigenvalue weighted by Gasteiger charge is -2.20. The number of carbonyl (C=O) groups excluding carboxylic acids is 1. The van der Waals surface area contributed by atoms with Crippen molar-refractivity contribution in [2.24, 2.45) is 0 Å². The molecular weight excluding hydrogens is 326 g/mol. The van der Waals surface area contributed by atoms with E-state index >= 15 is 0 Å². The average molecular weight is 351 g/mol. The lowest BCUT2D eigenvalue weighted by molar-refractivity contribution is 0.248. The topological polar surface area (TPSA) is 78.5 Å². The predicted molar refractivity (Wildman–Crippen MR) is 96.0 cm³/mol. The molecule has 1 saturated carbocycles. The number of benzene rings is 1. The van der Waals surface area contributed by atoms with E-state index < -0.39 is 10.0 Å². The van der Waals surface area contributed by atoms with Crippen molar-refractivity contribution in [2.45, 2.75) is 51.5 Å². The highest BCUT2D eigenvalue weighted by molar-refractivity contribution is 7.92. The van der Waals surface area contributed by atoms with Crippen LogP contribution in [-0.4, -0.2) is 32.8 Å². The number of hydrogen-bond donors (Lipinski definition) is 2. The molecule has 2 aliphatic rings. The van der Waals surface area contributed by atoms with Crippen LogP contribution in [0.4, 0.5) is 16.2 Å². The third-order valence-corrected chi connectivity index (χ3v) is 6.66. The molecule has 0 aromatic heterocycles. The molecular formula is C17H25N3O3S. The summed E-state index contributed by atoms with van der Waals surface area (Å²) in [6.07, 6.45) is 5.69. The van der Waals surface area contributed by atoms with Crippen LogP contribution in [0.3, 0.4) is 0 Å². The van der Waals surface area contributed by atoms with Crippen LogP contribution < -0.4 is 14.9 Å². The Morgan fingerprint density at radius 1 is 1.29 bits per heavy atom. The van der Waals surface area contributed by atoms with Crippen LogP contribution in [0.1, 0.15) is 44.6 Å². The molecule has 3 rings (SSSR count). The van der Waals surface area contributed by atoms with Crippen molar-refractivity contribution in [2.75, 3.05) is 21.9 Å². The predicted octanol–water partition coefficient (Wildman–Crippen LogP) is 2.85. The number of sulfonamides is 1. The van der Waals surface area contributed by atoms with Gasteiger partial charge in [0.05, 0.1) is 11.4 Å². The number of nitrogens with one attached hydrogen (secondary N) is 2. The molecule has 7 heteroatoms. The van der Waals surface area contributed by atoms with Gasteiger partial charge in [-0.2, -0.15) is 0 Å². The Labute approximate surface area is 143 Å². The van der Waals surface area contributed by atoms with Crippen molar-refractivity contribution in [3.63, 3.8) is 0 Å². The molecule has 1 aliphatic heterocycles. The summed E-state index contributed by atoms with van der Waals surface area (Å²) in [5.41, 5.74) is 2.33. The van der Waals surface area contributed by atoms with Gasteiger partial charge in [-0.3, -0.25) is 4.31 Å². The van der Waals surface area contributed by atoms with Crippen LogP contribution in [0, 0.1) is 0 Å². The molecule has 0 radical (unpaired) electrons. The molecule has 6 nitrogen and oxygen atoms in total. The molecule has 1 heterocycles. The van der Waals surface area contributed by atoms with E-state index in [1.807, 2.05) is 19.1 Å². The summed E-state index contributed by atoms with van der Waals surface area (Å²) in [5, 5.41) is 5.81. The Kier molecular flexibility index (Phi) is 4.99. The fourth-order valence-corrected chi connectivity index (χ4v) is 5.08. The quantitative estimate of drug-likeness (QED) is 0.856. The maximum atomic E-state index is 12.4. The molecule has 0 spiro atoms. The number of rotatable bonds is 5. The second-order valence-corrected chi connectivity index (χ2v) is 8.57. The largest absolute Gasteiger partial charge is 0.335 e. The average Bonchev–Trinajstić information content (AvgIpc) is 3.16. The number of nitrogens with zero attached hydrogens (tertiary/aromatic N) is 1. The second-order valence-electron chi connectivity index (χ2n) is 6.56. The fourth-order valence-electron chi connectivity index (χ4n) is 3.51. The normalized spacial score (nSPS) is 17.8. The van der Waals surface area contributed by atoms with Gasteiger partial charge in [0.2, 0.25) is 10.0 Å². The van der Waals surface area contributed by atoms with Gasteiger partial charge in [-0.25, -0.2) is 13.2 Å². The summed E-state index contributed by atoms with van der Waals surface area (Å²) in [6.45, 7) is 2.34. The summed E-state index contributed by atoms with van der Waals surface area (Å²) < 4.78 is 26.2. The Balaban J connectivity index is 1.72. The first-order valence-electron chi connectivity index (χ1n) is 8.70. The van der Waals surface area contributed by atoms with E-state index in [0.29, 0.717) is 30.8 Å². The fraction of sp³-hybridized carbons (Fsp3) is 0.588. The zero-order valence-corrected chi connectivity index (χ0v) is 14.9. The Morgan fingerprint density at radius 2 is 2.04 bits per heavy atom. The SMILES string of the molecule is CCCS(=O)(=O)N1CCc2ccc(NC(=O)NC3CCCC3)cc21. The summed E-state index contributed by atoms with van der Waals surface area (Å²) >= 11 is 0. The molecule has 1 aromatic carbocycles. The van der Waals surface area contributed by atoms with Gasteiger partial charge in [0, 0.05) is 18.3 Å². The van der Waals surface area contributed by atoms with Crippen molar-refractivity contribution < 1.29 is 13.2 Å². The smallest absolute Gasteiger partial charge is 0.319 e. The molecule has 0 bridgehead atoms. The zero-order chi connectivity index (χ0) is 17.2. The van der Waals surface area contributed by atoms with Gasteiger partial charge in [-0.1, -0.05) is 25.8 Å². The molecule has 0 saturated heterocycles. The Bertz CT molecular complexity index is 712. The van der Waals surface area contributed by atoms with E-state index in [0.717, 1.165) is 31.2 Å². The maximum Gasteiger partial charge on any atom is 0.319 e. The highest BCUT2D eigenvalue weighted by atomic mass is 32.2. The number of anilines is 2. The highest BCUT2D eigenvalue weighted by Gasteiger charge is 2.29. The summed E-state index contributed by atoms with van der Waals surface area (Å²) in [4.78, 5) is 12.1. The molecule has 132 valence electrons. The number of urea groups is 1. The van der Waals surface area contributed by atoms with Gasteiger partial charge in [-0.15, -0.1) is 0 Å². The van der Waals surface area contributed by atoms with Crippen LogP contribution in [-0.2, 0) is 16.4 Å². The van der Waals surface area contributed by atoms with Crippen molar-refractivity contribution in [3.8, 4) is 0 Å². The van der Waals surface area contributed by atoms with Crippen molar-refractivity contribution in [1.82, 2.24) is 5.32 Å². The zero-order valence-electron chi connectivity index (χ0n) is 14.0. The number of fused-ring (bicyclic) bond motifs is 1. The van der Waals surface area contributed by atoms with E-state index in [4.69, 9.17) is 0 Å². The van der Waals surface area contributed by atoms with E-state index in [-0.39, 0.29) is 17.8 Å². The maximum absolute atomic E-state index is 12.4. The van der Waals surface area contributed by atoms with Crippen LogP contribution >= 0.6 is 0 Å². The lowest BCUT2D eigenvalue weighted by Crippen LogP contribution is -2.36. The van der Waals surface area contributed by atoms with Crippen LogP contribution in [0.5, 0.6) is 0 Å². The third-order valence-electron chi connectivity index (χ3n) is 4.68. The van der Waals surface area contributed by atoms with Gasteiger partial charge in [-0.05, 0) is 43.4 Å². The first kappa shape index (κ1) is 17.1. The van der Waals surface area contributed by atoms with E-state index in [1.54, 1.807) is 6.07 Å². The Hall–Kier alpha value is -1.76. The van der Waals surface area contributed by atoms with Gasteiger partial charge in [0.25, 0.3) is 0 Å². The third kappa shape index (κ3) is 3.66. The molecule has 0 atom stereocenters.